The van der Waals surface area contributed by atoms with Crippen molar-refractivity contribution < 1.29 is 14.3 Å². The molecular weight excluding hydrogens is 210 g/mol. The van der Waals surface area contributed by atoms with E-state index in [4.69, 9.17) is 9.53 Å². The molecule has 0 radical (unpaired) electrons. The second kappa shape index (κ2) is 4.63. The number of amides is 1. The van der Waals surface area contributed by atoms with Crippen LogP contribution in [0.4, 0.5) is 0 Å². The van der Waals surface area contributed by atoms with Crippen molar-refractivity contribution in [2.75, 3.05) is 13.2 Å². The lowest BCUT2D eigenvalue weighted by Gasteiger charge is -2.23. The van der Waals surface area contributed by atoms with Gasteiger partial charge in [0.1, 0.15) is 0 Å². The number of rotatable bonds is 3. The zero-order valence-electron chi connectivity index (χ0n) is 9.99. The third-order valence-corrected chi connectivity index (χ3v) is 3.55. The molecule has 1 N–H and O–H groups in total. The van der Waals surface area contributed by atoms with Gasteiger partial charge in [-0.25, -0.2) is 0 Å². The average molecular weight is 231 g/mol. The summed E-state index contributed by atoms with van der Waals surface area (Å²) in [4.78, 5) is 13.0. The van der Waals surface area contributed by atoms with E-state index in [9.17, 15) is 4.79 Å². The van der Waals surface area contributed by atoms with Gasteiger partial charge in [-0.2, -0.15) is 0 Å². The van der Waals surface area contributed by atoms with Gasteiger partial charge in [-0.1, -0.05) is 0 Å². The molecule has 1 heterocycles. The predicted octanol–water partition coefficient (Wildman–Crippen LogP) is 0.820. The van der Waals surface area contributed by atoms with Gasteiger partial charge in [0, 0.05) is 13.5 Å². The Balaban J connectivity index is 2.57. The van der Waals surface area contributed by atoms with Crippen LogP contribution < -0.4 is 0 Å². The smallest absolute Gasteiger partial charge is 0.219 e. The molecular formula is C10H21NO3Si. The highest BCUT2D eigenvalue weighted by molar-refractivity contribution is 6.69. The molecule has 88 valence electrons. The van der Waals surface area contributed by atoms with Gasteiger partial charge >= 0.3 is 0 Å². The van der Waals surface area contributed by atoms with Crippen LogP contribution in [0, 0.1) is 0 Å². The van der Waals surface area contributed by atoms with Gasteiger partial charge < -0.3 is 14.4 Å². The number of hydrogen-bond acceptors (Lipinski definition) is 3. The highest BCUT2D eigenvalue weighted by atomic mass is 28.4. The largest absolute Gasteiger partial charge is 0.413 e. The van der Waals surface area contributed by atoms with E-state index in [-0.39, 0.29) is 24.7 Å². The van der Waals surface area contributed by atoms with E-state index in [1.807, 2.05) is 0 Å². The van der Waals surface area contributed by atoms with Crippen LogP contribution in [0.5, 0.6) is 0 Å². The molecule has 1 amide bonds. The van der Waals surface area contributed by atoms with E-state index >= 15 is 0 Å². The predicted molar refractivity (Wildman–Crippen MR) is 61.1 cm³/mol. The maximum absolute atomic E-state index is 11.3. The van der Waals surface area contributed by atoms with Gasteiger partial charge in [-0.3, -0.25) is 4.79 Å². The van der Waals surface area contributed by atoms with Crippen LogP contribution in [0.1, 0.15) is 13.3 Å². The fraction of sp³-hybridized carbons (Fsp3) is 0.900. The van der Waals surface area contributed by atoms with Gasteiger partial charge in [0.2, 0.25) is 5.91 Å². The monoisotopic (exact) mass is 231 g/mol. The SMILES string of the molecule is CC(=O)N1CC(O[Si](C)(C)C)CC1CO. The summed E-state index contributed by atoms with van der Waals surface area (Å²) in [5.74, 6) is 0.0238. The Morgan fingerprint density at radius 1 is 1.53 bits per heavy atom. The van der Waals surface area contributed by atoms with Crippen molar-refractivity contribution >= 4 is 14.2 Å². The van der Waals surface area contributed by atoms with Crippen LogP contribution in [0.15, 0.2) is 0 Å². The molecule has 2 unspecified atom stereocenters. The Kier molecular flexibility index (Phi) is 3.91. The highest BCUT2D eigenvalue weighted by Crippen LogP contribution is 2.23. The Morgan fingerprint density at radius 3 is 2.47 bits per heavy atom. The summed E-state index contributed by atoms with van der Waals surface area (Å²) in [7, 11) is -1.55. The first-order chi connectivity index (χ1) is 6.83. The molecule has 2 atom stereocenters. The maximum Gasteiger partial charge on any atom is 0.219 e. The van der Waals surface area contributed by atoms with Crippen molar-refractivity contribution in [3.63, 3.8) is 0 Å². The normalized spacial score (nSPS) is 27.1. The van der Waals surface area contributed by atoms with E-state index in [0.717, 1.165) is 6.42 Å². The molecule has 0 spiro atoms. The fourth-order valence-corrected chi connectivity index (χ4v) is 3.19. The Labute approximate surface area is 92.4 Å². The van der Waals surface area contributed by atoms with Crippen LogP contribution in [0.2, 0.25) is 19.6 Å². The Hall–Kier alpha value is -0.393. The fourth-order valence-electron chi connectivity index (χ4n) is 2.02. The molecule has 1 saturated heterocycles. The molecule has 1 rings (SSSR count). The lowest BCUT2D eigenvalue weighted by molar-refractivity contribution is -0.130. The lowest BCUT2D eigenvalue weighted by atomic mass is 10.2. The number of aliphatic hydroxyl groups is 1. The molecule has 0 saturated carbocycles. The van der Waals surface area contributed by atoms with E-state index in [1.165, 1.54) is 0 Å². The van der Waals surface area contributed by atoms with E-state index < -0.39 is 8.32 Å². The molecule has 1 fully saturated rings. The van der Waals surface area contributed by atoms with Crippen molar-refractivity contribution in [1.82, 2.24) is 4.90 Å². The Morgan fingerprint density at radius 2 is 2.13 bits per heavy atom. The molecule has 0 aromatic carbocycles. The second-order valence-corrected chi connectivity index (χ2v) is 9.56. The molecule has 15 heavy (non-hydrogen) atoms. The summed E-state index contributed by atoms with van der Waals surface area (Å²) in [5, 5.41) is 9.16. The molecule has 0 bridgehead atoms. The number of aliphatic hydroxyl groups excluding tert-OH is 1. The minimum absolute atomic E-state index is 0.0238. The van der Waals surface area contributed by atoms with Crippen molar-refractivity contribution in [2.45, 2.75) is 45.1 Å². The summed E-state index contributed by atoms with van der Waals surface area (Å²) < 4.78 is 5.94. The quantitative estimate of drug-likeness (QED) is 0.732. The van der Waals surface area contributed by atoms with Gasteiger partial charge in [0.15, 0.2) is 8.32 Å². The number of likely N-dealkylation sites (tertiary alicyclic amines) is 1. The number of hydrogen-bond donors (Lipinski definition) is 1. The third kappa shape index (κ3) is 3.59. The lowest BCUT2D eigenvalue weighted by Crippen LogP contribution is -2.37. The van der Waals surface area contributed by atoms with Gasteiger partial charge in [-0.05, 0) is 26.1 Å². The maximum atomic E-state index is 11.3. The molecule has 0 aliphatic carbocycles. The number of nitrogens with zero attached hydrogens (tertiary/aromatic N) is 1. The number of carbonyl (C=O) groups is 1. The van der Waals surface area contributed by atoms with Crippen molar-refractivity contribution in [3.05, 3.63) is 0 Å². The van der Waals surface area contributed by atoms with Crippen LogP contribution in [0.25, 0.3) is 0 Å². The van der Waals surface area contributed by atoms with Crippen LogP contribution in [-0.4, -0.2) is 49.5 Å². The van der Waals surface area contributed by atoms with Crippen molar-refractivity contribution in [1.29, 1.82) is 0 Å². The highest BCUT2D eigenvalue weighted by Gasteiger charge is 2.35. The molecule has 0 aromatic heterocycles. The van der Waals surface area contributed by atoms with Crippen molar-refractivity contribution in [2.24, 2.45) is 0 Å². The molecule has 1 aliphatic heterocycles. The standard InChI is InChI=1S/C10H21NO3Si/c1-8(13)11-6-10(5-9(11)7-12)14-15(2,3)4/h9-10,12H,5-7H2,1-4H3. The van der Waals surface area contributed by atoms with E-state index in [2.05, 4.69) is 19.6 Å². The summed E-state index contributed by atoms with van der Waals surface area (Å²) >= 11 is 0. The van der Waals surface area contributed by atoms with E-state index in [1.54, 1.807) is 11.8 Å². The second-order valence-electron chi connectivity index (χ2n) is 5.10. The summed E-state index contributed by atoms with van der Waals surface area (Å²) in [6, 6.07) is -0.0520. The average Bonchev–Trinajstić information content (AvgIpc) is 2.44. The first kappa shape index (κ1) is 12.7. The molecule has 5 heteroatoms. The zero-order chi connectivity index (χ0) is 11.6. The first-order valence-corrected chi connectivity index (χ1v) is 8.80. The summed E-state index contributed by atoms with van der Waals surface area (Å²) in [6.45, 7) is 8.61. The minimum Gasteiger partial charge on any atom is -0.413 e. The zero-order valence-corrected chi connectivity index (χ0v) is 11.0. The summed E-state index contributed by atoms with van der Waals surface area (Å²) in [5.41, 5.74) is 0. The van der Waals surface area contributed by atoms with Crippen LogP contribution >= 0.6 is 0 Å². The van der Waals surface area contributed by atoms with Gasteiger partial charge in [0.25, 0.3) is 0 Å². The van der Waals surface area contributed by atoms with Crippen molar-refractivity contribution in [3.8, 4) is 0 Å². The first-order valence-electron chi connectivity index (χ1n) is 5.39. The molecule has 4 nitrogen and oxygen atoms in total. The van der Waals surface area contributed by atoms with Crippen LogP contribution in [0.3, 0.4) is 0 Å². The van der Waals surface area contributed by atoms with Crippen LogP contribution in [-0.2, 0) is 9.22 Å². The van der Waals surface area contributed by atoms with Gasteiger partial charge in [-0.15, -0.1) is 0 Å². The molecule has 1 aliphatic rings. The third-order valence-electron chi connectivity index (χ3n) is 2.51. The van der Waals surface area contributed by atoms with E-state index in [0.29, 0.717) is 6.54 Å². The molecule has 0 aromatic rings. The van der Waals surface area contributed by atoms with Gasteiger partial charge in [0.05, 0.1) is 18.8 Å². The Bertz CT molecular complexity index is 239. The number of carbonyl (C=O) groups excluding carboxylic acids is 1. The summed E-state index contributed by atoms with van der Waals surface area (Å²) in [6.07, 6.45) is 0.873. The minimum atomic E-state index is -1.55. The topological polar surface area (TPSA) is 49.8 Å².